The average Bonchev–Trinajstić information content (AvgIpc) is 2.32. The van der Waals surface area contributed by atoms with Crippen molar-refractivity contribution in [2.24, 2.45) is 5.92 Å². The Kier molecular flexibility index (Phi) is 5.17. The fraction of sp³-hybridized carbons (Fsp3) is 0.533. The number of halogens is 2. The van der Waals surface area contributed by atoms with Gasteiger partial charge in [-0.15, -0.1) is 0 Å². The lowest BCUT2D eigenvalue weighted by Gasteiger charge is -2.39. The molecule has 1 amide bonds. The zero-order valence-corrected chi connectivity index (χ0v) is 14.4. The van der Waals surface area contributed by atoms with E-state index in [2.05, 4.69) is 5.32 Å². The Bertz CT molecular complexity index is 657. The number of nitro benzene ring substituents is 1. The summed E-state index contributed by atoms with van der Waals surface area (Å²) in [5, 5.41) is 13.9. The smallest absolute Gasteiger partial charge is 0.410 e. The van der Waals surface area contributed by atoms with Gasteiger partial charge in [0.05, 0.1) is 4.92 Å². The molecule has 0 aliphatic carbocycles. The number of amides is 1. The van der Waals surface area contributed by atoms with Crippen LogP contribution in [0.3, 0.4) is 0 Å². The van der Waals surface area contributed by atoms with E-state index in [1.165, 1.54) is 6.07 Å². The fourth-order valence-electron chi connectivity index (χ4n) is 2.32. The van der Waals surface area contributed by atoms with Crippen molar-refractivity contribution in [1.29, 1.82) is 0 Å². The maximum atomic E-state index is 13.7. The summed E-state index contributed by atoms with van der Waals surface area (Å²) < 4.78 is 18.9. The Morgan fingerprint density at radius 2 is 2.12 bits per heavy atom. The van der Waals surface area contributed by atoms with Crippen molar-refractivity contribution in [1.82, 2.24) is 4.90 Å². The molecule has 0 atom stereocenters. The minimum Gasteiger partial charge on any atom is -0.444 e. The van der Waals surface area contributed by atoms with Gasteiger partial charge >= 0.3 is 11.8 Å². The van der Waals surface area contributed by atoms with E-state index in [9.17, 15) is 19.3 Å². The molecule has 0 aromatic heterocycles. The predicted octanol–water partition coefficient (Wildman–Crippen LogP) is 3.67. The molecule has 1 aromatic rings. The Hall–Kier alpha value is -2.09. The summed E-state index contributed by atoms with van der Waals surface area (Å²) in [7, 11) is 0. The number of carbonyl (C=O) groups is 1. The zero-order valence-electron chi connectivity index (χ0n) is 13.6. The molecule has 1 aromatic carbocycles. The number of benzene rings is 1. The van der Waals surface area contributed by atoms with Crippen LogP contribution in [0.1, 0.15) is 20.8 Å². The van der Waals surface area contributed by atoms with Crippen LogP contribution in [0.4, 0.5) is 20.6 Å². The number of nitrogens with one attached hydrogen (secondary N) is 1. The molecule has 0 radical (unpaired) electrons. The summed E-state index contributed by atoms with van der Waals surface area (Å²) in [5.41, 5.74) is -1.16. The summed E-state index contributed by atoms with van der Waals surface area (Å²) in [5.74, 6) is -0.891. The Morgan fingerprint density at radius 3 is 2.67 bits per heavy atom. The van der Waals surface area contributed by atoms with Gasteiger partial charge in [0.25, 0.3) is 0 Å². The van der Waals surface area contributed by atoms with Gasteiger partial charge in [-0.3, -0.25) is 10.1 Å². The second-order valence-corrected chi connectivity index (χ2v) is 7.11. The maximum absolute atomic E-state index is 13.7. The SMILES string of the molecule is CC(C)(C)OC(=O)N1CC(CNc2cc(Cl)cc(F)c2[N+](=O)[O-])C1. The van der Waals surface area contributed by atoms with Gasteiger partial charge in [-0.05, 0) is 32.9 Å². The highest BCUT2D eigenvalue weighted by atomic mass is 35.5. The van der Waals surface area contributed by atoms with Crippen LogP contribution < -0.4 is 5.32 Å². The molecule has 7 nitrogen and oxygen atoms in total. The van der Waals surface area contributed by atoms with Gasteiger partial charge in [0.15, 0.2) is 0 Å². The van der Waals surface area contributed by atoms with Crippen LogP contribution in [0.2, 0.25) is 5.02 Å². The average molecular weight is 360 g/mol. The first kappa shape index (κ1) is 18.3. The Labute approximate surface area is 143 Å². The highest BCUT2D eigenvalue weighted by Gasteiger charge is 2.34. The number of rotatable bonds is 4. The van der Waals surface area contributed by atoms with Crippen molar-refractivity contribution in [3.63, 3.8) is 0 Å². The molecule has 0 unspecified atom stereocenters. The van der Waals surface area contributed by atoms with Crippen LogP contribution in [-0.2, 0) is 4.74 Å². The van der Waals surface area contributed by atoms with E-state index < -0.39 is 28.1 Å². The number of ether oxygens (including phenoxy) is 1. The lowest BCUT2D eigenvalue weighted by Crippen LogP contribution is -2.53. The van der Waals surface area contributed by atoms with E-state index in [-0.39, 0.29) is 16.6 Å². The summed E-state index contributed by atoms with van der Waals surface area (Å²) in [6.07, 6.45) is -0.390. The normalized spacial score (nSPS) is 15.0. The van der Waals surface area contributed by atoms with Gasteiger partial charge in [-0.25, -0.2) is 4.79 Å². The van der Waals surface area contributed by atoms with Crippen molar-refractivity contribution < 1.29 is 18.8 Å². The molecular weight excluding hydrogens is 341 g/mol. The molecule has 1 fully saturated rings. The summed E-state index contributed by atoms with van der Waals surface area (Å²) in [4.78, 5) is 23.5. The molecule has 0 bridgehead atoms. The highest BCUT2D eigenvalue weighted by molar-refractivity contribution is 6.31. The third kappa shape index (κ3) is 4.47. The molecule has 24 heavy (non-hydrogen) atoms. The van der Waals surface area contributed by atoms with Crippen molar-refractivity contribution in [2.75, 3.05) is 25.0 Å². The van der Waals surface area contributed by atoms with Crippen LogP contribution >= 0.6 is 11.6 Å². The van der Waals surface area contributed by atoms with Crippen LogP contribution in [0.5, 0.6) is 0 Å². The van der Waals surface area contributed by atoms with Crippen LogP contribution in [0, 0.1) is 21.8 Å². The van der Waals surface area contributed by atoms with Gasteiger partial charge in [-0.1, -0.05) is 11.6 Å². The van der Waals surface area contributed by atoms with E-state index >= 15 is 0 Å². The second kappa shape index (κ2) is 6.80. The molecule has 0 spiro atoms. The molecule has 9 heteroatoms. The first-order valence-electron chi connectivity index (χ1n) is 7.42. The molecule has 1 aliphatic heterocycles. The van der Waals surface area contributed by atoms with Gasteiger partial charge in [0.2, 0.25) is 5.82 Å². The van der Waals surface area contributed by atoms with E-state index in [0.717, 1.165) is 6.07 Å². The molecule has 132 valence electrons. The lowest BCUT2D eigenvalue weighted by molar-refractivity contribution is -0.386. The van der Waals surface area contributed by atoms with Crippen LogP contribution in [0.15, 0.2) is 12.1 Å². The summed E-state index contributed by atoms with van der Waals surface area (Å²) >= 11 is 5.74. The Balaban J connectivity index is 1.91. The number of nitrogens with zero attached hydrogens (tertiary/aromatic N) is 2. The number of carbonyl (C=O) groups excluding carboxylic acids is 1. The number of nitro groups is 1. The second-order valence-electron chi connectivity index (χ2n) is 6.67. The lowest BCUT2D eigenvalue weighted by atomic mass is 10.0. The van der Waals surface area contributed by atoms with Crippen molar-refractivity contribution >= 4 is 29.1 Å². The van der Waals surface area contributed by atoms with Crippen LogP contribution in [0.25, 0.3) is 0 Å². The first-order valence-corrected chi connectivity index (χ1v) is 7.80. The predicted molar refractivity (Wildman–Crippen MR) is 87.9 cm³/mol. The minimum absolute atomic E-state index is 0.0284. The minimum atomic E-state index is -0.987. The summed E-state index contributed by atoms with van der Waals surface area (Å²) in [6, 6.07) is 2.21. The van der Waals surface area contributed by atoms with Crippen LogP contribution in [-0.4, -0.2) is 41.2 Å². The monoisotopic (exact) mass is 359 g/mol. The molecule has 0 saturated carbocycles. The quantitative estimate of drug-likeness (QED) is 0.655. The number of hydrogen-bond acceptors (Lipinski definition) is 5. The third-order valence-electron chi connectivity index (χ3n) is 3.40. The van der Waals surface area contributed by atoms with Crippen molar-refractivity contribution in [3.05, 3.63) is 33.1 Å². The zero-order chi connectivity index (χ0) is 18.1. The van der Waals surface area contributed by atoms with E-state index in [1.54, 1.807) is 25.7 Å². The fourth-order valence-corrected chi connectivity index (χ4v) is 2.52. The van der Waals surface area contributed by atoms with Crippen molar-refractivity contribution in [3.8, 4) is 0 Å². The van der Waals surface area contributed by atoms with E-state index in [0.29, 0.717) is 19.6 Å². The summed E-state index contributed by atoms with van der Waals surface area (Å²) in [6.45, 7) is 6.67. The molecule has 1 aliphatic rings. The highest BCUT2D eigenvalue weighted by Crippen LogP contribution is 2.32. The van der Waals surface area contributed by atoms with Gasteiger partial charge < -0.3 is 15.0 Å². The van der Waals surface area contributed by atoms with E-state index in [1.807, 2.05) is 0 Å². The van der Waals surface area contributed by atoms with Gasteiger partial charge in [0.1, 0.15) is 11.3 Å². The van der Waals surface area contributed by atoms with Gasteiger partial charge in [0, 0.05) is 30.6 Å². The topological polar surface area (TPSA) is 84.7 Å². The number of likely N-dealkylation sites (tertiary alicyclic amines) is 1. The molecule has 1 N–H and O–H groups in total. The first-order chi connectivity index (χ1) is 11.1. The number of hydrogen-bond donors (Lipinski definition) is 1. The molecular formula is C15H19ClFN3O4. The number of anilines is 1. The third-order valence-corrected chi connectivity index (χ3v) is 3.62. The largest absolute Gasteiger partial charge is 0.444 e. The van der Waals surface area contributed by atoms with E-state index in [4.69, 9.17) is 16.3 Å². The molecule has 1 heterocycles. The Morgan fingerprint density at radius 1 is 1.50 bits per heavy atom. The van der Waals surface area contributed by atoms with Gasteiger partial charge in [-0.2, -0.15) is 4.39 Å². The maximum Gasteiger partial charge on any atom is 0.410 e. The standard InChI is InChI=1S/C15H19ClFN3O4/c1-15(2,3)24-14(21)19-7-9(8-19)6-18-12-5-10(16)4-11(17)13(12)20(22)23/h4-5,9,18H,6-8H2,1-3H3. The molecule has 1 saturated heterocycles. The molecule has 2 rings (SSSR count). The van der Waals surface area contributed by atoms with Crippen molar-refractivity contribution in [2.45, 2.75) is 26.4 Å².